The molecule has 5 nitrogen and oxygen atoms in total. The average molecular weight is 302 g/mol. The minimum atomic E-state index is -0.323. The molecule has 0 aromatic heterocycles. The molecule has 0 bridgehead atoms. The Balaban J connectivity index is 2.21. The molecule has 1 atom stereocenters. The van der Waals surface area contributed by atoms with Gasteiger partial charge in [0.2, 0.25) is 0 Å². The zero-order valence-corrected chi connectivity index (χ0v) is 13.3. The number of thioether (sulfide) groups is 1. The first-order valence-corrected chi connectivity index (χ1v) is 8.78. The number of carbonyl (C=O) groups is 2. The number of rotatable bonds is 11. The van der Waals surface area contributed by atoms with Gasteiger partial charge in [0, 0.05) is 19.8 Å². The molecule has 1 fully saturated rings. The Labute approximate surface area is 125 Å². The summed E-state index contributed by atoms with van der Waals surface area (Å²) in [6, 6.07) is -0.576. The van der Waals surface area contributed by atoms with Gasteiger partial charge in [0.15, 0.2) is 0 Å². The minimum absolute atomic E-state index is 0.0790. The molecule has 0 unspecified atom stereocenters. The van der Waals surface area contributed by atoms with Crippen LogP contribution in [0.15, 0.2) is 0 Å². The van der Waals surface area contributed by atoms with Gasteiger partial charge in [0.1, 0.15) is 6.04 Å². The molecule has 6 heteroatoms. The van der Waals surface area contributed by atoms with Crippen LogP contribution in [0.3, 0.4) is 0 Å². The summed E-state index contributed by atoms with van der Waals surface area (Å²) in [5.74, 6) is 0.940. The predicted octanol–water partition coefficient (Wildman–Crippen LogP) is 2.26. The molecule has 1 aliphatic heterocycles. The maximum atomic E-state index is 12.1. The van der Waals surface area contributed by atoms with E-state index in [1.165, 1.54) is 4.90 Å². The quantitative estimate of drug-likeness (QED) is 0.470. The summed E-state index contributed by atoms with van der Waals surface area (Å²) in [5.41, 5.74) is 0. The van der Waals surface area contributed by atoms with Crippen LogP contribution in [0.4, 0.5) is 4.79 Å². The van der Waals surface area contributed by atoms with Gasteiger partial charge in [-0.1, -0.05) is 13.3 Å². The topological polar surface area (TPSA) is 58.6 Å². The molecule has 1 saturated heterocycles. The normalized spacial score (nSPS) is 18.7. The van der Waals surface area contributed by atoms with E-state index in [1.54, 1.807) is 11.8 Å². The third-order valence-corrected chi connectivity index (χ3v) is 3.96. The number of unbranched alkanes of at least 4 members (excludes halogenated alkanes) is 1. The van der Waals surface area contributed by atoms with E-state index in [2.05, 4.69) is 12.2 Å². The van der Waals surface area contributed by atoms with Gasteiger partial charge in [-0.15, -0.1) is 0 Å². The molecular weight excluding hydrogens is 276 g/mol. The van der Waals surface area contributed by atoms with Crippen LogP contribution >= 0.6 is 11.8 Å². The van der Waals surface area contributed by atoms with Crippen LogP contribution in [0.25, 0.3) is 0 Å². The van der Waals surface area contributed by atoms with Crippen molar-refractivity contribution in [2.75, 3.05) is 31.8 Å². The monoisotopic (exact) mass is 302 g/mol. The molecule has 1 rings (SSSR count). The van der Waals surface area contributed by atoms with Crippen molar-refractivity contribution in [3.63, 3.8) is 0 Å². The van der Waals surface area contributed by atoms with E-state index in [4.69, 9.17) is 4.74 Å². The standard InChI is InChI=1S/C14H26N2O3S/c1-3-4-9-19-10-6-8-16-13(17)12(15-14(16)18)7-5-11-20-2/h12H,3-11H2,1-2H3,(H,15,18)/t12-/m1/s1. The smallest absolute Gasteiger partial charge is 0.324 e. The molecule has 1 aliphatic rings. The molecule has 0 saturated carbocycles. The van der Waals surface area contributed by atoms with Crippen LogP contribution in [0, 0.1) is 0 Å². The molecule has 0 aromatic rings. The van der Waals surface area contributed by atoms with E-state index in [0.717, 1.165) is 38.0 Å². The van der Waals surface area contributed by atoms with E-state index in [9.17, 15) is 9.59 Å². The van der Waals surface area contributed by atoms with E-state index in [-0.39, 0.29) is 18.0 Å². The molecule has 0 aliphatic carbocycles. The van der Waals surface area contributed by atoms with Crippen LogP contribution in [0.2, 0.25) is 0 Å². The first kappa shape index (κ1) is 17.3. The summed E-state index contributed by atoms with van der Waals surface area (Å²) >= 11 is 1.76. The van der Waals surface area contributed by atoms with Gasteiger partial charge in [-0.3, -0.25) is 9.69 Å². The Morgan fingerprint density at radius 2 is 2.00 bits per heavy atom. The SMILES string of the molecule is CCCCOCCCN1C(=O)N[C@H](CCCSC)C1=O. The lowest BCUT2D eigenvalue weighted by atomic mass is 10.1. The fraction of sp³-hybridized carbons (Fsp3) is 0.857. The third-order valence-electron chi connectivity index (χ3n) is 3.26. The summed E-state index contributed by atoms with van der Waals surface area (Å²) in [5, 5.41) is 2.76. The fourth-order valence-corrected chi connectivity index (χ4v) is 2.54. The van der Waals surface area contributed by atoms with Gasteiger partial charge in [-0.2, -0.15) is 11.8 Å². The van der Waals surface area contributed by atoms with Crippen molar-refractivity contribution in [3.8, 4) is 0 Å². The number of imide groups is 1. The number of urea groups is 1. The first-order valence-electron chi connectivity index (χ1n) is 7.39. The lowest BCUT2D eigenvalue weighted by molar-refractivity contribution is -0.127. The average Bonchev–Trinajstić information content (AvgIpc) is 2.70. The summed E-state index contributed by atoms with van der Waals surface area (Å²) < 4.78 is 5.44. The lowest BCUT2D eigenvalue weighted by Gasteiger charge is -2.13. The van der Waals surface area contributed by atoms with Crippen molar-refractivity contribution in [1.82, 2.24) is 10.2 Å². The molecule has 0 spiro atoms. The summed E-state index contributed by atoms with van der Waals surface area (Å²) in [7, 11) is 0. The number of carbonyl (C=O) groups excluding carboxylic acids is 2. The van der Waals surface area contributed by atoms with E-state index >= 15 is 0 Å². The molecule has 116 valence electrons. The predicted molar refractivity (Wildman–Crippen MR) is 82.0 cm³/mol. The second-order valence-electron chi connectivity index (χ2n) is 4.95. The number of hydrogen-bond donors (Lipinski definition) is 1. The molecule has 0 radical (unpaired) electrons. The van der Waals surface area contributed by atoms with E-state index in [0.29, 0.717) is 19.6 Å². The molecule has 20 heavy (non-hydrogen) atoms. The highest BCUT2D eigenvalue weighted by Gasteiger charge is 2.36. The van der Waals surface area contributed by atoms with Crippen molar-refractivity contribution in [2.45, 2.75) is 45.1 Å². The van der Waals surface area contributed by atoms with Crippen LogP contribution in [-0.2, 0) is 9.53 Å². The van der Waals surface area contributed by atoms with Crippen LogP contribution in [-0.4, -0.2) is 54.6 Å². The fourth-order valence-electron chi connectivity index (χ4n) is 2.09. The highest BCUT2D eigenvalue weighted by Crippen LogP contribution is 2.13. The van der Waals surface area contributed by atoms with Crippen molar-refractivity contribution in [3.05, 3.63) is 0 Å². The van der Waals surface area contributed by atoms with Crippen LogP contribution < -0.4 is 5.32 Å². The highest BCUT2D eigenvalue weighted by atomic mass is 32.2. The van der Waals surface area contributed by atoms with Crippen molar-refractivity contribution in [2.24, 2.45) is 0 Å². The Kier molecular flexibility index (Phi) is 8.69. The van der Waals surface area contributed by atoms with E-state index < -0.39 is 0 Å². The van der Waals surface area contributed by atoms with Crippen LogP contribution in [0.1, 0.15) is 39.0 Å². The Morgan fingerprint density at radius 3 is 2.70 bits per heavy atom. The van der Waals surface area contributed by atoms with Gasteiger partial charge in [-0.25, -0.2) is 4.79 Å². The number of nitrogens with one attached hydrogen (secondary N) is 1. The number of amides is 3. The van der Waals surface area contributed by atoms with Gasteiger partial charge >= 0.3 is 6.03 Å². The maximum Gasteiger partial charge on any atom is 0.324 e. The van der Waals surface area contributed by atoms with E-state index in [1.807, 2.05) is 6.26 Å². The largest absolute Gasteiger partial charge is 0.381 e. The summed E-state index contributed by atoms with van der Waals surface area (Å²) in [6.45, 7) is 3.94. The highest BCUT2D eigenvalue weighted by molar-refractivity contribution is 7.98. The number of nitrogens with zero attached hydrogens (tertiary/aromatic N) is 1. The summed E-state index contributed by atoms with van der Waals surface area (Å²) in [4.78, 5) is 25.1. The lowest BCUT2D eigenvalue weighted by Crippen LogP contribution is -2.33. The maximum absolute atomic E-state index is 12.1. The molecule has 1 N–H and O–H groups in total. The van der Waals surface area contributed by atoms with Crippen molar-refractivity contribution in [1.29, 1.82) is 0 Å². The Hall–Kier alpha value is -0.750. The van der Waals surface area contributed by atoms with Gasteiger partial charge < -0.3 is 10.1 Å². The van der Waals surface area contributed by atoms with Crippen molar-refractivity contribution < 1.29 is 14.3 Å². The van der Waals surface area contributed by atoms with Crippen LogP contribution in [0.5, 0.6) is 0 Å². The first-order chi connectivity index (χ1) is 9.70. The van der Waals surface area contributed by atoms with Gasteiger partial charge in [0.05, 0.1) is 0 Å². The Bertz CT molecular complexity index is 313. The second-order valence-corrected chi connectivity index (χ2v) is 5.93. The second kappa shape index (κ2) is 10.0. The Morgan fingerprint density at radius 1 is 1.25 bits per heavy atom. The molecule has 0 aromatic carbocycles. The van der Waals surface area contributed by atoms with Gasteiger partial charge in [0.25, 0.3) is 5.91 Å². The third kappa shape index (κ3) is 5.71. The molecule has 3 amide bonds. The minimum Gasteiger partial charge on any atom is -0.381 e. The zero-order chi connectivity index (χ0) is 14.8. The molecular formula is C14H26N2O3S. The zero-order valence-electron chi connectivity index (χ0n) is 12.5. The van der Waals surface area contributed by atoms with Crippen molar-refractivity contribution >= 4 is 23.7 Å². The van der Waals surface area contributed by atoms with Gasteiger partial charge in [-0.05, 0) is 37.7 Å². The molecule has 1 heterocycles. The number of ether oxygens (including phenoxy) is 1. The number of hydrogen-bond acceptors (Lipinski definition) is 4. The summed E-state index contributed by atoms with van der Waals surface area (Å²) in [6.07, 6.45) is 6.60.